The van der Waals surface area contributed by atoms with E-state index in [1.165, 1.54) is 50.6 Å². The maximum absolute atomic E-state index is 12.9. The molecule has 5 nitrogen and oxygen atoms in total. The van der Waals surface area contributed by atoms with Crippen molar-refractivity contribution >= 4 is 11.6 Å². The molecule has 0 aliphatic rings. The topological polar surface area (TPSA) is 71.5 Å². The number of pyridine rings is 1. The first-order valence-corrected chi connectivity index (χ1v) is 6.23. The second-order valence-corrected chi connectivity index (χ2v) is 4.62. The van der Waals surface area contributed by atoms with Gasteiger partial charge in [-0.05, 0) is 30.7 Å². The van der Waals surface area contributed by atoms with Crippen LogP contribution in [0.5, 0.6) is 5.88 Å². The van der Waals surface area contributed by atoms with Crippen LogP contribution in [-0.2, 0) is 10.4 Å². The number of halogens is 1. The number of benzene rings is 1. The average Bonchev–Trinajstić information content (AvgIpc) is 2.48. The summed E-state index contributed by atoms with van der Waals surface area (Å²) in [5.41, 5.74) is -1.05. The SMILES string of the molecule is COc1cc(NC(=O)[C@](C)(O)c2ccc(F)cc2)ccn1. The molecule has 2 N–H and O–H groups in total. The van der Waals surface area contributed by atoms with E-state index in [0.717, 1.165) is 0 Å². The average molecular weight is 290 g/mol. The van der Waals surface area contributed by atoms with Crippen LogP contribution in [0.1, 0.15) is 12.5 Å². The quantitative estimate of drug-likeness (QED) is 0.904. The van der Waals surface area contributed by atoms with Gasteiger partial charge >= 0.3 is 0 Å². The van der Waals surface area contributed by atoms with Crippen molar-refractivity contribution in [1.29, 1.82) is 0 Å². The Kier molecular flexibility index (Phi) is 4.18. The second-order valence-electron chi connectivity index (χ2n) is 4.62. The summed E-state index contributed by atoms with van der Waals surface area (Å²) >= 11 is 0. The van der Waals surface area contributed by atoms with Gasteiger partial charge in [0.15, 0.2) is 5.60 Å². The van der Waals surface area contributed by atoms with Crippen molar-refractivity contribution in [2.24, 2.45) is 0 Å². The molecule has 1 atom stereocenters. The molecule has 0 saturated carbocycles. The fourth-order valence-electron chi connectivity index (χ4n) is 1.76. The van der Waals surface area contributed by atoms with E-state index in [-0.39, 0.29) is 0 Å². The third-order valence-corrected chi connectivity index (χ3v) is 3.05. The van der Waals surface area contributed by atoms with Crippen molar-refractivity contribution < 1.29 is 19.0 Å². The first-order valence-electron chi connectivity index (χ1n) is 6.23. The summed E-state index contributed by atoms with van der Waals surface area (Å²) in [5, 5.41) is 12.9. The molecule has 0 bridgehead atoms. The van der Waals surface area contributed by atoms with E-state index in [9.17, 15) is 14.3 Å². The summed E-state index contributed by atoms with van der Waals surface area (Å²) in [7, 11) is 1.46. The van der Waals surface area contributed by atoms with Crippen molar-refractivity contribution in [2.75, 3.05) is 12.4 Å². The zero-order valence-electron chi connectivity index (χ0n) is 11.6. The highest BCUT2D eigenvalue weighted by Crippen LogP contribution is 2.23. The molecular weight excluding hydrogens is 275 g/mol. The number of nitrogens with one attached hydrogen (secondary N) is 1. The highest BCUT2D eigenvalue weighted by molar-refractivity contribution is 5.97. The first kappa shape index (κ1) is 14.9. The Balaban J connectivity index is 2.19. The fourth-order valence-corrected chi connectivity index (χ4v) is 1.76. The predicted octanol–water partition coefficient (Wildman–Crippen LogP) is 2.08. The molecule has 0 spiro atoms. The number of carbonyl (C=O) groups excluding carboxylic acids is 1. The molecule has 1 aromatic carbocycles. The van der Waals surface area contributed by atoms with E-state index in [1.807, 2.05) is 0 Å². The molecule has 2 aromatic rings. The van der Waals surface area contributed by atoms with Crippen LogP contribution in [-0.4, -0.2) is 23.1 Å². The van der Waals surface area contributed by atoms with Gasteiger partial charge in [0, 0.05) is 18.0 Å². The molecule has 1 amide bonds. The Hall–Kier alpha value is -2.47. The van der Waals surface area contributed by atoms with Crippen molar-refractivity contribution in [2.45, 2.75) is 12.5 Å². The van der Waals surface area contributed by atoms with Crippen LogP contribution in [0.25, 0.3) is 0 Å². The van der Waals surface area contributed by atoms with Gasteiger partial charge in [0.25, 0.3) is 5.91 Å². The lowest BCUT2D eigenvalue weighted by molar-refractivity contribution is -0.133. The lowest BCUT2D eigenvalue weighted by atomic mass is 9.95. The van der Waals surface area contributed by atoms with Crippen LogP contribution < -0.4 is 10.1 Å². The number of aromatic nitrogens is 1. The van der Waals surface area contributed by atoms with Gasteiger partial charge in [-0.15, -0.1) is 0 Å². The standard InChI is InChI=1S/C15H15FN2O3/c1-15(20,10-3-5-11(16)6-4-10)14(19)18-12-7-8-17-13(9-12)21-2/h3-9,20H,1-2H3,(H,17,18,19)/t15-/m1/s1. The molecular formula is C15H15FN2O3. The normalized spacial score (nSPS) is 13.3. The third kappa shape index (κ3) is 3.35. The van der Waals surface area contributed by atoms with E-state index in [1.54, 1.807) is 6.07 Å². The summed E-state index contributed by atoms with van der Waals surface area (Å²) in [6, 6.07) is 8.20. The number of hydrogen-bond acceptors (Lipinski definition) is 4. The summed E-state index contributed by atoms with van der Waals surface area (Å²) in [6.45, 7) is 1.34. The highest BCUT2D eigenvalue weighted by Gasteiger charge is 2.32. The molecule has 0 saturated heterocycles. The summed E-state index contributed by atoms with van der Waals surface area (Å²) < 4.78 is 17.9. The van der Waals surface area contributed by atoms with Crippen LogP contribution in [0.2, 0.25) is 0 Å². The molecule has 110 valence electrons. The predicted molar refractivity (Wildman–Crippen MR) is 75.4 cm³/mol. The first-order chi connectivity index (χ1) is 9.93. The van der Waals surface area contributed by atoms with E-state index in [2.05, 4.69) is 10.3 Å². The zero-order valence-corrected chi connectivity index (χ0v) is 11.6. The Morgan fingerprint density at radius 2 is 2.00 bits per heavy atom. The van der Waals surface area contributed by atoms with E-state index >= 15 is 0 Å². The van der Waals surface area contributed by atoms with E-state index in [0.29, 0.717) is 17.1 Å². The molecule has 0 unspecified atom stereocenters. The molecule has 1 aromatic heterocycles. The van der Waals surface area contributed by atoms with Crippen molar-refractivity contribution in [3.05, 3.63) is 54.0 Å². The highest BCUT2D eigenvalue weighted by atomic mass is 19.1. The minimum absolute atomic E-state index is 0.294. The van der Waals surface area contributed by atoms with Gasteiger partial charge in [0.2, 0.25) is 5.88 Å². The molecule has 0 aliphatic carbocycles. The smallest absolute Gasteiger partial charge is 0.260 e. The number of methoxy groups -OCH3 is 1. The molecule has 21 heavy (non-hydrogen) atoms. The van der Waals surface area contributed by atoms with E-state index in [4.69, 9.17) is 4.74 Å². The number of ether oxygens (including phenoxy) is 1. The summed E-state index contributed by atoms with van der Waals surface area (Å²) in [4.78, 5) is 16.1. The third-order valence-electron chi connectivity index (χ3n) is 3.05. The molecule has 0 radical (unpaired) electrons. The lowest BCUT2D eigenvalue weighted by Gasteiger charge is -2.22. The van der Waals surface area contributed by atoms with Crippen LogP contribution in [0, 0.1) is 5.82 Å². The van der Waals surface area contributed by atoms with Crippen LogP contribution in [0.4, 0.5) is 10.1 Å². The van der Waals surface area contributed by atoms with Crippen LogP contribution >= 0.6 is 0 Å². The second kappa shape index (κ2) is 5.88. The molecule has 0 fully saturated rings. The monoisotopic (exact) mass is 290 g/mol. The van der Waals surface area contributed by atoms with Gasteiger partial charge in [-0.3, -0.25) is 4.79 Å². The minimum Gasteiger partial charge on any atom is -0.481 e. The molecule has 1 heterocycles. The Morgan fingerprint density at radius 3 is 2.62 bits per heavy atom. The lowest BCUT2D eigenvalue weighted by Crippen LogP contribution is -2.37. The molecule has 6 heteroatoms. The largest absolute Gasteiger partial charge is 0.481 e. The maximum Gasteiger partial charge on any atom is 0.260 e. The Labute approximate surface area is 121 Å². The molecule has 2 rings (SSSR count). The van der Waals surface area contributed by atoms with Gasteiger partial charge in [-0.25, -0.2) is 9.37 Å². The van der Waals surface area contributed by atoms with Crippen LogP contribution in [0.15, 0.2) is 42.6 Å². The number of anilines is 1. The van der Waals surface area contributed by atoms with Gasteiger partial charge in [-0.1, -0.05) is 12.1 Å². The Morgan fingerprint density at radius 1 is 1.33 bits per heavy atom. The zero-order chi connectivity index (χ0) is 15.5. The Bertz CT molecular complexity index is 642. The van der Waals surface area contributed by atoms with Gasteiger partial charge in [0.05, 0.1) is 7.11 Å². The maximum atomic E-state index is 12.9. The minimum atomic E-state index is -1.79. The van der Waals surface area contributed by atoms with Gasteiger partial charge < -0.3 is 15.2 Å². The van der Waals surface area contributed by atoms with Gasteiger partial charge in [0.1, 0.15) is 5.82 Å². The molecule has 0 aliphatic heterocycles. The van der Waals surface area contributed by atoms with Crippen molar-refractivity contribution in [1.82, 2.24) is 4.98 Å². The number of amides is 1. The van der Waals surface area contributed by atoms with Gasteiger partial charge in [-0.2, -0.15) is 0 Å². The van der Waals surface area contributed by atoms with E-state index < -0.39 is 17.3 Å². The van der Waals surface area contributed by atoms with Crippen LogP contribution in [0.3, 0.4) is 0 Å². The fraction of sp³-hybridized carbons (Fsp3) is 0.200. The summed E-state index contributed by atoms with van der Waals surface area (Å²) in [6.07, 6.45) is 1.47. The number of aliphatic hydroxyl groups is 1. The number of rotatable bonds is 4. The number of nitrogens with zero attached hydrogens (tertiary/aromatic N) is 1. The van der Waals surface area contributed by atoms with Crippen molar-refractivity contribution in [3.63, 3.8) is 0 Å². The van der Waals surface area contributed by atoms with Crippen molar-refractivity contribution in [3.8, 4) is 5.88 Å². The number of carbonyl (C=O) groups is 1. The summed E-state index contributed by atoms with van der Waals surface area (Å²) in [5.74, 6) is -0.731. The number of hydrogen-bond donors (Lipinski definition) is 2.